The average Bonchev–Trinajstić information content (AvgIpc) is 2.50. The Morgan fingerprint density at radius 2 is 1.91 bits per heavy atom. The third-order valence-electron chi connectivity index (χ3n) is 3.33. The predicted molar refractivity (Wildman–Crippen MR) is 103 cm³/mol. The number of ether oxygens (including phenoxy) is 1. The van der Waals surface area contributed by atoms with Gasteiger partial charge in [0.1, 0.15) is 11.6 Å². The number of halogens is 2. The Hall–Kier alpha value is -1.83. The Morgan fingerprint density at radius 3 is 2.52 bits per heavy atom. The van der Waals surface area contributed by atoms with E-state index >= 15 is 0 Å². The number of hydrogen-bond acceptors (Lipinski definition) is 2. The van der Waals surface area contributed by atoms with Gasteiger partial charge in [-0.15, -0.1) is 24.0 Å². The number of nitrogens with one attached hydrogen (secondary N) is 1. The van der Waals surface area contributed by atoms with Crippen molar-refractivity contribution in [2.45, 2.75) is 13.3 Å². The van der Waals surface area contributed by atoms with E-state index < -0.39 is 0 Å². The van der Waals surface area contributed by atoms with Crippen LogP contribution in [0.5, 0.6) is 5.75 Å². The fourth-order valence-corrected chi connectivity index (χ4v) is 2.10. The molecule has 124 valence electrons. The minimum atomic E-state index is -0.217. The lowest BCUT2D eigenvalue weighted by atomic mass is 10.1. The van der Waals surface area contributed by atoms with Crippen molar-refractivity contribution in [3.8, 4) is 5.75 Å². The molecule has 0 bridgehead atoms. The quantitative estimate of drug-likeness (QED) is 0.433. The summed E-state index contributed by atoms with van der Waals surface area (Å²) in [6, 6.07) is 12.2. The Kier molecular flexibility index (Phi) is 7.80. The van der Waals surface area contributed by atoms with Crippen LogP contribution in [0, 0.1) is 12.7 Å². The molecule has 2 aromatic rings. The number of nitrogens with two attached hydrogens (primary N) is 1. The summed E-state index contributed by atoms with van der Waals surface area (Å²) in [5.74, 6) is 0.920. The van der Waals surface area contributed by atoms with Crippen molar-refractivity contribution in [2.24, 2.45) is 10.7 Å². The number of anilines is 1. The molecule has 0 radical (unpaired) electrons. The molecule has 0 unspecified atom stereocenters. The van der Waals surface area contributed by atoms with Gasteiger partial charge in [0.15, 0.2) is 5.96 Å². The number of nitrogens with zero attached hydrogens (tertiary/aromatic N) is 1. The minimum Gasteiger partial charge on any atom is -0.497 e. The largest absolute Gasteiger partial charge is 0.497 e. The molecule has 2 aromatic carbocycles. The van der Waals surface area contributed by atoms with Crippen LogP contribution in [0.3, 0.4) is 0 Å². The highest BCUT2D eigenvalue weighted by Gasteiger charge is 2.00. The van der Waals surface area contributed by atoms with Crippen LogP contribution in [0.25, 0.3) is 0 Å². The topological polar surface area (TPSA) is 59.6 Å². The first-order valence-electron chi connectivity index (χ1n) is 7.04. The van der Waals surface area contributed by atoms with Crippen molar-refractivity contribution in [2.75, 3.05) is 19.0 Å². The first kappa shape index (κ1) is 19.2. The highest BCUT2D eigenvalue weighted by molar-refractivity contribution is 14.0. The highest BCUT2D eigenvalue weighted by atomic mass is 127. The summed E-state index contributed by atoms with van der Waals surface area (Å²) < 4.78 is 18.1. The van der Waals surface area contributed by atoms with Gasteiger partial charge in [-0.3, -0.25) is 4.99 Å². The highest BCUT2D eigenvalue weighted by Crippen LogP contribution is 2.14. The van der Waals surface area contributed by atoms with Crippen LogP contribution >= 0.6 is 24.0 Å². The Bertz CT molecular complexity index is 659. The van der Waals surface area contributed by atoms with Gasteiger partial charge < -0.3 is 15.8 Å². The van der Waals surface area contributed by atoms with Crippen LogP contribution in [0.2, 0.25) is 0 Å². The van der Waals surface area contributed by atoms with Crippen molar-refractivity contribution >= 4 is 35.6 Å². The van der Waals surface area contributed by atoms with Crippen molar-refractivity contribution in [3.05, 3.63) is 59.4 Å². The monoisotopic (exact) mass is 429 g/mol. The van der Waals surface area contributed by atoms with E-state index in [1.807, 2.05) is 31.2 Å². The Labute approximate surface area is 153 Å². The summed E-state index contributed by atoms with van der Waals surface area (Å²) in [5.41, 5.74) is 8.70. The van der Waals surface area contributed by atoms with Gasteiger partial charge in [0, 0.05) is 12.2 Å². The van der Waals surface area contributed by atoms with Crippen molar-refractivity contribution < 1.29 is 9.13 Å². The molecule has 0 aliphatic heterocycles. The molecular formula is C17H21FIN3O. The van der Waals surface area contributed by atoms with Crippen LogP contribution in [-0.2, 0) is 6.42 Å². The summed E-state index contributed by atoms with van der Waals surface area (Å²) in [4.78, 5) is 4.28. The van der Waals surface area contributed by atoms with E-state index in [0.29, 0.717) is 12.5 Å². The molecule has 23 heavy (non-hydrogen) atoms. The van der Waals surface area contributed by atoms with Gasteiger partial charge in [0.2, 0.25) is 0 Å². The number of aryl methyl sites for hydroxylation is 1. The van der Waals surface area contributed by atoms with E-state index in [-0.39, 0.29) is 29.8 Å². The second-order valence-electron chi connectivity index (χ2n) is 4.94. The number of benzene rings is 2. The summed E-state index contributed by atoms with van der Waals surface area (Å²) in [7, 11) is 1.62. The zero-order valence-electron chi connectivity index (χ0n) is 13.2. The molecule has 0 aromatic heterocycles. The van der Waals surface area contributed by atoms with E-state index in [1.165, 1.54) is 12.1 Å². The molecule has 0 aliphatic rings. The lowest BCUT2D eigenvalue weighted by Gasteiger charge is -2.07. The maximum absolute atomic E-state index is 13.0. The molecule has 0 saturated carbocycles. The normalized spacial score (nSPS) is 10.8. The van der Waals surface area contributed by atoms with E-state index in [1.54, 1.807) is 13.2 Å². The van der Waals surface area contributed by atoms with Gasteiger partial charge in [-0.05, 0) is 60.9 Å². The number of methoxy groups -OCH3 is 1. The molecule has 0 atom stereocenters. The SMILES string of the molecule is COc1ccc(NC(N)=NCCc2ccc(F)cc2C)cc1.I. The van der Waals surface area contributed by atoms with Crippen LogP contribution in [0.1, 0.15) is 11.1 Å². The van der Waals surface area contributed by atoms with E-state index in [9.17, 15) is 4.39 Å². The number of hydrogen-bond donors (Lipinski definition) is 2. The van der Waals surface area contributed by atoms with Crippen molar-refractivity contribution in [1.29, 1.82) is 0 Å². The Balaban J connectivity index is 0.00000264. The molecule has 0 amide bonds. The molecule has 2 rings (SSSR count). The molecular weight excluding hydrogens is 408 g/mol. The third kappa shape index (κ3) is 6.05. The summed E-state index contributed by atoms with van der Waals surface area (Å²) >= 11 is 0. The smallest absolute Gasteiger partial charge is 0.193 e. The standard InChI is InChI=1S/C17H20FN3O.HI/c1-12-11-14(18)4-3-13(12)9-10-20-17(19)21-15-5-7-16(22-2)8-6-15;/h3-8,11H,9-10H2,1-2H3,(H3,19,20,21);1H. The minimum absolute atomic E-state index is 0. The maximum Gasteiger partial charge on any atom is 0.193 e. The third-order valence-corrected chi connectivity index (χ3v) is 3.33. The predicted octanol–water partition coefficient (Wildman–Crippen LogP) is 3.73. The van der Waals surface area contributed by atoms with Gasteiger partial charge in [-0.25, -0.2) is 4.39 Å². The number of rotatable bonds is 5. The van der Waals surface area contributed by atoms with E-state index in [0.717, 1.165) is 29.0 Å². The fourth-order valence-electron chi connectivity index (χ4n) is 2.10. The molecule has 0 saturated heterocycles. The lowest BCUT2D eigenvalue weighted by molar-refractivity contribution is 0.415. The van der Waals surface area contributed by atoms with Crippen LogP contribution in [0.15, 0.2) is 47.5 Å². The maximum atomic E-state index is 13.0. The summed E-state index contributed by atoms with van der Waals surface area (Å²) in [6.45, 7) is 2.43. The molecule has 0 spiro atoms. The van der Waals surface area contributed by atoms with Crippen molar-refractivity contribution in [3.63, 3.8) is 0 Å². The van der Waals surface area contributed by atoms with E-state index in [4.69, 9.17) is 10.5 Å². The first-order valence-corrected chi connectivity index (χ1v) is 7.04. The molecule has 3 N–H and O–H groups in total. The van der Waals surface area contributed by atoms with Gasteiger partial charge in [-0.2, -0.15) is 0 Å². The molecule has 0 fully saturated rings. The van der Waals surface area contributed by atoms with Gasteiger partial charge in [0.25, 0.3) is 0 Å². The molecule has 0 heterocycles. The summed E-state index contributed by atoms with van der Waals surface area (Å²) in [5, 5.41) is 3.02. The zero-order valence-corrected chi connectivity index (χ0v) is 15.5. The van der Waals surface area contributed by atoms with Crippen LogP contribution in [0.4, 0.5) is 10.1 Å². The molecule has 4 nitrogen and oxygen atoms in total. The fraction of sp³-hybridized carbons (Fsp3) is 0.235. The molecule has 6 heteroatoms. The second kappa shape index (κ2) is 9.34. The zero-order chi connectivity index (χ0) is 15.9. The van der Waals surface area contributed by atoms with Gasteiger partial charge in [0.05, 0.1) is 7.11 Å². The first-order chi connectivity index (χ1) is 10.6. The van der Waals surface area contributed by atoms with Crippen LogP contribution in [-0.4, -0.2) is 19.6 Å². The van der Waals surface area contributed by atoms with Crippen molar-refractivity contribution in [1.82, 2.24) is 0 Å². The average molecular weight is 429 g/mol. The number of guanidine groups is 1. The second-order valence-corrected chi connectivity index (χ2v) is 4.94. The molecule has 0 aliphatic carbocycles. The number of aliphatic imine (C=N–C) groups is 1. The lowest BCUT2D eigenvalue weighted by Crippen LogP contribution is -2.23. The van der Waals surface area contributed by atoms with Crippen LogP contribution < -0.4 is 15.8 Å². The van der Waals surface area contributed by atoms with Gasteiger partial charge >= 0.3 is 0 Å². The van der Waals surface area contributed by atoms with E-state index in [2.05, 4.69) is 10.3 Å². The summed E-state index contributed by atoms with van der Waals surface area (Å²) in [6.07, 6.45) is 0.719. The Morgan fingerprint density at radius 1 is 1.22 bits per heavy atom. The van der Waals surface area contributed by atoms with Gasteiger partial charge in [-0.1, -0.05) is 6.07 Å².